The van der Waals surface area contributed by atoms with Crippen LogP contribution in [0.1, 0.15) is 32.3 Å². The van der Waals surface area contributed by atoms with Crippen molar-refractivity contribution in [2.24, 2.45) is 0 Å². The molecule has 0 aliphatic heterocycles. The molecule has 1 aromatic carbocycles. The fourth-order valence-corrected chi connectivity index (χ4v) is 2.71. The van der Waals surface area contributed by atoms with Gasteiger partial charge in [-0.05, 0) is 42.3 Å². The molecule has 2 rings (SSSR count). The number of carbonyl (C=O) groups is 1. The van der Waals surface area contributed by atoms with Gasteiger partial charge in [-0.15, -0.1) is 5.10 Å². The van der Waals surface area contributed by atoms with E-state index in [1.54, 1.807) is 4.68 Å². The van der Waals surface area contributed by atoms with Gasteiger partial charge in [-0.25, -0.2) is 0 Å². The fourth-order valence-electron chi connectivity index (χ4n) is 2.01. The summed E-state index contributed by atoms with van der Waals surface area (Å²) in [5, 5.41) is 15.3. The summed E-state index contributed by atoms with van der Waals surface area (Å²) in [7, 11) is 0. The van der Waals surface area contributed by atoms with Crippen LogP contribution in [0.4, 0.5) is 0 Å². The van der Waals surface area contributed by atoms with Gasteiger partial charge in [-0.1, -0.05) is 43.3 Å². The van der Waals surface area contributed by atoms with Gasteiger partial charge < -0.3 is 5.32 Å². The molecule has 0 aliphatic rings. The lowest BCUT2D eigenvalue weighted by atomic mass is 10.2. The highest BCUT2D eigenvalue weighted by Gasteiger charge is 2.13. The number of benzene rings is 1. The van der Waals surface area contributed by atoms with Gasteiger partial charge in [0.1, 0.15) is 0 Å². The van der Waals surface area contributed by atoms with E-state index in [9.17, 15) is 4.79 Å². The number of hydrogen-bond acceptors (Lipinski definition) is 5. The molecule has 2 aromatic rings. The van der Waals surface area contributed by atoms with Gasteiger partial charge in [0, 0.05) is 6.04 Å². The number of aromatic nitrogens is 4. The van der Waals surface area contributed by atoms with Crippen molar-refractivity contribution in [1.29, 1.82) is 0 Å². The summed E-state index contributed by atoms with van der Waals surface area (Å²) >= 11 is 1.34. The summed E-state index contributed by atoms with van der Waals surface area (Å²) < 4.78 is 1.65. The first-order valence-corrected chi connectivity index (χ1v) is 8.40. The van der Waals surface area contributed by atoms with Crippen molar-refractivity contribution in [3.63, 3.8) is 0 Å². The molecular weight excluding hydrogens is 298 g/mol. The zero-order valence-electron chi connectivity index (χ0n) is 13.1. The summed E-state index contributed by atoms with van der Waals surface area (Å²) in [5.41, 5.74) is 2.06. The molecule has 0 atom stereocenters. The number of amides is 1. The Kier molecular flexibility index (Phi) is 5.94. The van der Waals surface area contributed by atoms with Gasteiger partial charge in [0.25, 0.3) is 0 Å². The van der Waals surface area contributed by atoms with Crippen LogP contribution in [-0.2, 0) is 4.79 Å². The minimum Gasteiger partial charge on any atom is -0.353 e. The third kappa shape index (κ3) is 4.30. The second-order valence-corrected chi connectivity index (χ2v) is 6.02. The largest absolute Gasteiger partial charge is 0.353 e. The zero-order valence-corrected chi connectivity index (χ0v) is 13.9. The Bertz CT molecular complexity index is 607. The number of aryl methyl sites for hydroxylation is 1. The van der Waals surface area contributed by atoms with Crippen molar-refractivity contribution in [2.75, 3.05) is 5.75 Å². The molecule has 0 saturated heterocycles. The van der Waals surface area contributed by atoms with Crippen molar-refractivity contribution < 1.29 is 4.79 Å². The highest BCUT2D eigenvalue weighted by Crippen LogP contribution is 2.18. The van der Waals surface area contributed by atoms with E-state index in [4.69, 9.17) is 0 Å². The normalized spacial score (nSPS) is 10.9. The van der Waals surface area contributed by atoms with Crippen molar-refractivity contribution in [3.05, 3.63) is 29.8 Å². The van der Waals surface area contributed by atoms with Crippen LogP contribution in [0.3, 0.4) is 0 Å². The Morgan fingerprint density at radius 3 is 2.59 bits per heavy atom. The second-order valence-electron chi connectivity index (χ2n) is 5.08. The topological polar surface area (TPSA) is 72.7 Å². The minimum absolute atomic E-state index is 0.0113. The molecule has 0 aliphatic carbocycles. The first-order valence-electron chi connectivity index (χ1n) is 7.41. The average Bonchev–Trinajstić information content (AvgIpc) is 3.00. The highest BCUT2D eigenvalue weighted by atomic mass is 32.2. The third-order valence-electron chi connectivity index (χ3n) is 3.40. The lowest BCUT2D eigenvalue weighted by Crippen LogP contribution is -2.35. The summed E-state index contributed by atoms with van der Waals surface area (Å²) in [4.78, 5) is 11.9. The van der Waals surface area contributed by atoms with Crippen molar-refractivity contribution >= 4 is 17.7 Å². The van der Waals surface area contributed by atoms with Crippen LogP contribution in [-0.4, -0.2) is 37.9 Å². The molecule has 0 unspecified atom stereocenters. The van der Waals surface area contributed by atoms with Crippen LogP contribution in [0.5, 0.6) is 0 Å². The van der Waals surface area contributed by atoms with Gasteiger partial charge in [0.2, 0.25) is 11.1 Å². The fraction of sp³-hybridized carbons (Fsp3) is 0.467. The number of thioether (sulfide) groups is 1. The Morgan fingerprint density at radius 1 is 1.27 bits per heavy atom. The third-order valence-corrected chi connectivity index (χ3v) is 4.32. The van der Waals surface area contributed by atoms with Crippen molar-refractivity contribution in [1.82, 2.24) is 25.5 Å². The maximum Gasteiger partial charge on any atom is 0.230 e. The Labute approximate surface area is 134 Å². The van der Waals surface area contributed by atoms with Gasteiger partial charge in [0.05, 0.1) is 11.4 Å². The first-order chi connectivity index (χ1) is 10.6. The van der Waals surface area contributed by atoms with E-state index in [-0.39, 0.29) is 11.9 Å². The molecule has 1 aromatic heterocycles. The molecular formula is C15H21N5OS. The summed E-state index contributed by atoms with van der Waals surface area (Å²) in [6, 6.07) is 8.16. The molecule has 1 amide bonds. The maximum absolute atomic E-state index is 11.9. The molecule has 0 spiro atoms. The number of tetrazole rings is 1. The number of carbonyl (C=O) groups excluding carboxylic acids is 1. The molecule has 0 fully saturated rings. The molecule has 0 radical (unpaired) electrons. The van der Waals surface area contributed by atoms with E-state index in [0.29, 0.717) is 10.9 Å². The number of hydrogen-bond donors (Lipinski definition) is 1. The molecule has 22 heavy (non-hydrogen) atoms. The van der Waals surface area contributed by atoms with Crippen molar-refractivity contribution in [2.45, 2.75) is 44.8 Å². The Balaban J connectivity index is 1.98. The average molecular weight is 319 g/mol. The van der Waals surface area contributed by atoms with Gasteiger partial charge in [-0.2, -0.15) is 4.68 Å². The number of nitrogens with one attached hydrogen (secondary N) is 1. The van der Waals surface area contributed by atoms with Gasteiger partial charge in [0.15, 0.2) is 0 Å². The standard InChI is InChI=1S/C15H21N5OS/c1-4-12(5-2)16-14(21)10-22-15-17-18-19-20(15)13-8-6-11(3)7-9-13/h6-9,12H,4-5,10H2,1-3H3,(H,16,21). The maximum atomic E-state index is 11.9. The predicted molar refractivity (Wildman–Crippen MR) is 87.1 cm³/mol. The number of rotatable bonds is 7. The zero-order chi connectivity index (χ0) is 15.9. The van der Waals surface area contributed by atoms with E-state index < -0.39 is 0 Å². The van der Waals surface area contributed by atoms with Crippen LogP contribution >= 0.6 is 11.8 Å². The monoisotopic (exact) mass is 319 g/mol. The van der Waals surface area contributed by atoms with E-state index in [2.05, 4.69) is 34.7 Å². The van der Waals surface area contributed by atoms with E-state index in [0.717, 1.165) is 18.5 Å². The summed E-state index contributed by atoms with van der Waals surface area (Å²) in [6.45, 7) is 6.17. The lowest BCUT2D eigenvalue weighted by Gasteiger charge is -2.14. The second kappa shape index (κ2) is 7.93. The predicted octanol–water partition coefficient (Wildman–Crippen LogP) is 2.37. The van der Waals surface area contributed by atoms with Gasteiger partial charge in [-0.3, -0.25) is 4.79 Å². The highest BCUT2D eigenvalue weighted by molar-refractivity contribution is 7.99. The minimum atomic E-state index is 0.0113. The van der Waals surface area contributed by atoms with Crippen LogP contribution in [0.2, 0.25) is 0 Å². The molecule has 7 heteroatoms. The molecule has 118 valence electrons. The molecule has 1 heterocycles. The van der Waals surface area contributed by atoms with Crippen molar-refractivity contribution in [3.8, 4) is 5.69 Å². The Morgan fingerprint density at radius 2 is 1.95 bits per heavy atom. The van der Waals surface area contributed by atoms with Crippen LogP contribution < -0.4 is 5.32 Å². The molecule has 1 N–H and O–H groups in total. The number of nitrogens with zero attached hydrogens (tertiary/aromatic N) is 4. The smallest absolute Gasteiger partial charge is 0.230 e. The van der Waals surface area contributed by atoms with E-state index in [1.165, 1.54) is 17.3 Å². The SMILES string of the molecule is CCC(CC)NC(=O)CSc1nnnn1-c1ccc(C)cc1. The van der Waals surface area contributed by atoms with Crippen LogP contribution in [0, 0.1) is 6.92 Å². The Hall–Kier alpha value is -1.89. The van der Waals surface area contributed by atoms with Gasteiger partial charge >= 0.3 is 0 Å². The quantitative estimate of drug-likeness (QED) is 0.793. The summed E-state index contributed by atoms with van der Waals surface area (Å²) in [5.74, 6) is 0.320. The van der Waals surface area contributed by atoms with E-state index >= 15 is 0 Å². The van der Waals surface area contributed by atoms with E-state index in [1.807, 2.05) is 31.2 Å². The first kappa shape index (κ1) is 16.5. The molecule has 6 nitrogen and oxygen atoms in total. The summed E-state index contributed by atoms with van der Waals surface area (Å²) in [6.07, 6.45) is 1.88. The lowest BCUT2D eigenvalue weighted by molar-refractivity contribution is -0.119. The van der Waals surface area contributed by atoms with Crippen LogP contribution in [0.15, 0.2) is 29.4 Å². The molecule has 0 saturated carbocycles. The van der Waals surface area contributed by atoms with Crippen LogP contribution in [0.25, 0.3) is 5.69 Å². The molecule has 0 bridgehead atoms.